The molecule has 0 fully saturated rings. The fourth-order valence-electron chi connectivity index (χ4n) is 8.09. The third-order valence-corrected chi connectivity index (χ3v) is 12.2. The van der Waals surface area contributed by atoms with Crippen LogP contribution in [0.4, 0.5) is 0 Å². The van der Waals surface area contributed by atoms with E-state index >= 15 is 0 Å². The summed E-state index contributed by atoms with van der Waals surface area (Å²) in [6, 6.07) is 43.4. The van der Waals surface area contributed by atoms with Crippen molar-refractivity contribution in [2.75, 3.05) is 0 Å². The van der Waals surface area contributed by atoms with Crippen molar-refractivity contribution >= 4 is 86.6 Å². The smallest absolute Gasteiger partial charge is 0.252 e. The van der Waals surface area contributed by atoms with Crippen LogP contribution in [0.25, 0.3) is 63.4 Å². The van der Waals surface area contributed by atoms with Gasteiger partial charge in [-0.05, 0) is 81.1 Å². The van der Waals surface area contributed by atoms with Crippen LogP contribution in [0.1, 0.15) is 24.0 Å². The van der Waals surface area contributed by atoms with Crippen molar-refractivity contribution in [1.82, 2.24) is 9.13 Å². The Morgan fingerprint density at radius 1 is 0.558 bits per heavy atom. The fourth-order valence-corrected chi connectivity index (χ4v) is 10.4. The molecule has 0 spiro atoms. The Labute approximate surface area is 256 Å². The molecule has 4 heterocycles. The SMILES string of the molecule is CC1c2cc1c1c(c2)-n2c3ccccc3sc3cc4sc5ccccc5n5c4c(c32)B1c1cc(-c2ccccc2)ccc1-5. The highest BCUT2D eigenvalue weighted by Gasteiger charge is 2.44. The second-order valence-corrected chi connectivity index (χ2v) is 14.3. The van der Waals surface area contributed by atoms with Crippen LogP contribution in [0.2, 0.25) is 0 Å². The summed E-state index contributed by atoms with van der Waals surface area (Å²) in [7, 11) is 0. The van der Waals surface area contributed by atoms with Crippen LogP contribution >= 0.6 is 22.7 Å². The molecule has 2 aliphatic carbocycles. The second-order valence-electron chi connectivity index (χ2n) is 12.1. The Kier molecular flexibility index (Phi) is 4.20. The van der Waals surface area contributed by atoms with Gasteiger partial charge in [0.25, 0.3) is 6.71 Å². The normalized spacial score (nSPS) is 15.3. The van der Waals surface area contributed by atoms with Gasteiger partial charge in [0.2, 0.25) is 0 Å². The number of fused-ring (bicyclic) bond motifs is 7. The molecule has 200 valence electrons. The summed E-state index contributed by atoms with van der Waals surface area (Å²) in [6.07, 6.45) is 0. The van der Waals surface area contributed by atoms with Crippen molar-refractivity contribution in [2.45, 2.75) is 12.8 Å². The molecule has 0 saturated heterocycles. The third-order valence-electron chi connectivity index (χ3n) is 10.0. The maximum absolute atomic E-state index is 2.61. The third kappa shape index (κ3) is 2.76. The number of hydrogen-bond acceptors (Lipinski definition) is 2. The van der Waals surface area contributed by atoms with Crippen LogP contribution in [0.5, 0.6) is 0 Å². The zero-order valence-electron chi connectivity index (χ0n) is 23.3. The van der Waals surface area contributed by atoms with Crippen molar-refractivity contribution in [2.24, 2.45) is 0 Å². The first-order valence-electron chi connectivity index (χ1n) is 15.0. The molecular weight excluding hydrogens is 559 g/mol. The molecule has 8 aromatic rings. The fraction of sp³-hybridized carbons (Fsp3) is 0.0526. The highest BCUT2D eigenvalue weighted by Crippen LogP contribution is 2.44. The molecule has 5 heteroatoms. The molecule has 2 nitrogen and oxygen atoms in total. The van der Waals surface area contributed by atoms with E-state index in [1.165, 1.54) is 90.9 Å². The molecule has 0 radical (unpaired) electrons. The molecule has 2 bridgehead atoms. The highest BCUT2D eigenvalue weighted by atomic mass is 32.1. The summed E-state index contributed by atoms with van der Waals surface area (Å²) >= 11 is 3.86. The van der Waals surface area contributed by atoms with Crippen LogP contribution in [0.15, 0.2) is 115 Å². The number of hydrogen-bond donors (Lipinski definition) is 0. The van der Waals surface area contributed by atoms with Gasteiger partial charge in [0.1, 0.15) is 0 Å². The lowest BCUT2D eigenvalue weighted by Gasteiger charge is -2.41. The first-order valence-corrected chi connectivity index (χ1v) is 16.6. The summed E-state index contributed by atoms with van der Waals surface area (Å²) in [6.45, 7) is 2.56. The maximum atomic E-state index is 2.61. The quantitative estimate of drug-likeness (QED) is 0.136. The van der Waals surface area contributed by atoms with E-state index in [0.717, 1.165) is 0 Å². The minimum Gasteiger partial charge on any atom is -0.309 e. The Balaban J connectivity index is 1.42. The van der Waals surface area contributed by atoms with E-state index < -0.39 is 0 Å². The van der Waals surface area contributed by atoms with E-state index in [1.807, 2.05) is 22.7 Å². The van der Waals surface area contributed by atoms with Crippen molar-refractivity contribution in [3.05, 3.63) is 126 Å². The average molecular weight is 583 g/mol. The minimum absolute atomic E-state index is 0.174. The lowest BCUT2D eigenvalue weighted by atomic mass is 9.32. The van der Waals surface area contributed by atoms with Gasteiger partial charge >= 0.3 is 0 Å². The number of rotatable bonds is 1. The molecule has 12 rings (SSSR count). The molecule has 0 saturated carbocycles. The van der Waals surface area contributed by atoms with E-state index in [1.54, 1.807) is 0 Å². The molecule has 0 N–H and O–H groups in total. The molecule has 2 aromatic heterocycles. The molecule has 43 heavy (non-hydrogen) atoms. The molecule has 4 aliphatic rings. The zero-order chi connectivity index (χ0) is 28.0. The van der Waals surface area contributed by atoms with Gasteiger partial charge in [0.05, 0.1) is 40.9 Å². The molecule has 1 atom stereocenters. The second kappa shape index (κ2) is 7.87. The van der Waals surface area contributed by atoms with Crippen molar-refractivity contribution in [3.63, 3.8) is 0 Å². The largest absolute Gasteiger partial charge is 0.309 e. The Hall–Kier alpha value is -4.58. The predicted molar refractivity (Wildman–Crippen MR) is 186 cm³/mol. The van der Waals surface area contributed by atoms with Gasteiger partial charge in [0, 0.05) is 17.3 Å². The Morgan fingerprint density at radius 3 is 1.91 bits per heavy atom. The molecular formula is C38H23BN2S2. The van der Waals surface area contributed by atoms with E-state index in [4.69, 9.17) is 0 Å². The average Bonchev–Trinajstić information content (AvgIpc) is 3.07. The summed E-state index contributed by atoms with van der Waals surface area (Å²) in [4.78, 5) is 0. The van der Waals surface area contributed by atoms with Crippen molar-refractivity contribution in [1.29, 1.82) is 0 Å². The molecule has 1 unspecified atom stereocenters. The van der Waals surface area contributed by atoms with Crippen molar-refractivity contribution in [3.8, 4) is 22.5 Å². The van der Waals surface area contributed by atoms with E-state index in [-0.39, 0.29) is 6.71 Å². The monoisotopic (exact) mass is 582 g/mol. The van der Waals surface area contributed by atoms with Gasteiger partial charge in [-0.15, -0.1) is 22.7 Å². The van der Waals surface area contributed by atoms with E-state index in [2.05, 4.69) is 131 Å². The van der Waals surface area contributed by atoms with Gasteiger partial charge in [-0.1, -0.05) is 79.7 Å². The molecule has 6 aromatic carbocycles. The number of nitrogens with zero attached hydrogens (tertiary/aromatic N) is 2. The zero-order valence-corrected chi connectivity index (χ0v) is 25.0. The molecule has 0 amide bonds. The Morgan fingerprint density at radius 2 is 1.21 bits per heavy atom. The topological polar surface area (TPSA) is 9.86 Å². The standard InChI is InChI=1S/C38H23BN2S2/c1-21-24-17-25(21)35-30(19-24)41-29-12-6-8-14-32(29)43-34-20-33-37-36(38(34)41)39(35)26-18-23(22-9-3-2-4-10-22)15-16-27(26)40(37)28-11-5-7-13-31(28)42-33/h2-21H,1H3. The van der Waals surface area contributed by atoms with Crippen LogP contribution in [-0.2, 0) is 0 Å². The Bertz CT molecular complexity index is 2600. The van der Waals surface area contributed by atoms with Crippen LogP contribution in [0.3, 0.4) is 0 Å². The summed E-state index contributed by atoms with van der Waals surface area (Å²) in [5.41, 5.74) is 17.8. The van der Waals surface area contributed by atoms with Gasteiger partial charge in [-0.3, -0.25) is 0 Å². The summed E-state index contributed by atoms with van der Waals surface area (Å²) < 4.78 is 10.5. The number of benzene rings is 6. The van der Waals surface area contributed by atoms with Crippen LogP contribution in [-0.4, -0.2) is 15.8 Å². The molecule has 2 aliphatic heterocycles. The van der Waals surface area contributed by atoms with Gasteiger partial charge in [-0.2, -0.15) is 0 Å². The summed E-state index contributed by atoms with van der Waals surface area (Å²) in [5.74, 6) is 0.475. The first kappa shape index (κ1) is 23.0. The minimum atomic E-state index is 0.174. The van der Waals surface area contributed by atoms with E-state index in [0.29, 0.717) is 5.92 Å². The van der Waals surface area contributed by atoms with Gasteiger partial charge < -0.3 is 9.13 Å². The van der Waals surface area contributed by atoms with Crippen LogP contribution < -0.4 is 16.4 Å². The lowest BCUT2D eigenvalue weighted by molar-refractivity contribution is 0.856. The first-order chi connectivity index (χ1) is 21.2. The van der Waals surface area contributed by atoms with E-state index in [9.17, 15) is 0 Å². The van der Waals surface area contributed by atoms with Crippen molar-refractivity contribution < 1.29 is 0 Å². The lowest BCUT2D eigenvalue weighted by Crippen LogP contribution is -2.61. The number of para-hydroxylation sites is 2. The number of aromatic nitrogens is 2. The van der Waals surface area contributed by atoms with Crippen LogP contribution in [0, 0.1) is 0 Å². The maximum Gasteiger partial charge on any atom is 0.252 e. The summed E-state index contributed by atoms with van der Waals surface area (Å²) in [5, 5.41) is 0. The van der Waals surface area contributed by atoms with Gasteiger partial charge in [0.15, 0.2) is 0 Å². The predicted octanol–water partition coefficient (Wildman–Crippen LogP) is 8.40. The highest BCUT2D eigenvalue weighted by molar-refractivity contribution is 7.27. The van der Waals surface area contributed by atoms with Gasteiger partial charge in [-0.25, -0.2) is 0 Å².